The standard InChI is InChI=1S/C10H16F2N2O3/c1-2-14-8(15)3-4-13-6-7-5-10(11,12)9(16)17-7/h7,13H,2-6H2,1H3,(H,14,15). The van der Waals surface area contributed by atoms with Crippen molar-refractivity contribution in [2.75, 3.05) is 19.6 Å². The molecule has 1 unspecified atom stereocenters. The van der Waals surface area contributed by atoms with E-state index in [4.69, 9.17) is 0 Å². The maximum atomic E-state index is 12.8. The van der Waals surface area contributed by atoms with E-state index >= 15 is 0 Å². The number of carbonyl (C=O) groups excluding carboxylic acids is 2. The third kappa shape index (κ3) is 4.26. The van der Waals surface area contributed by atoms with Crippen molar-refractivity contribution in [1.29, 1.82) is 0 Å². The Kier molecular flexibility index (Phi) is 4.80. The predicted molar refractivity (Wildman–Crippen MR) is 55.6 cm³/mol. The first-order valence-corrected chi connectivity index (χ1v) is 5.52. The quantitative estimate of drug-likeness (QED) is 0.516. The molecule has 1 rings (SSSR count). The minimum absolute atomic E-state index is 0.103. The van der Waals surface area contributed by atoms with Gasteiger partial charge in [0, 0.05) is 26.1 Å². The van der Waals surface area contributed by atoms with Gasteiger partial charge in [-0.3, -0.25) is 4.79 Å². The minimum atomic E-state index is -3.37. The lowest BCUT2D eigenvalue weighted by Gasteiger charge is -2.09. The van der Waals surface area contributed by atoms with Crippen molar-refractivity contribution < 1.29 is 23.1 Å². The molecule has 1 aliphatic rings. The Morgan fingerprint density at radius 1 is 1.59 bits per heavy atom. The van der Waals surface area contributed by atoms with Gasteiger partial charge in [0.25, 0.3) is 0 Å². The number of rotatable bonds is 6. The van der Waals surface area contributed by atoms with Gasteiger partial charge in [-0.25, -0.2) is 4.79 Å². The van der Waals surface area contributed by atoms with E-state index in [-0.39, 0.29) is 18.9 Å². The van der Waals surface area contributed by atoms with Crippen LogP contribution in [-0.2, 0) is 14.3 Å². The highest BCUT2D eigenvalue weighted by molar-refractivity contribution is 5.79. The molecule has 0 bridgehead atoms. The van der Waals surface area contributed by atoms with Crippen LogP contribution in [0.25, 0.3) is 0 Å². The summed E-state index contributed by atoms with van der Waals surface area (Å²) in [7, 11) is 0. The van der Waals surface area contributed by atoms with Crippen LogP contribution in [0.4, 0.5) is 8.78 Å². The van der Waals surface area contributed by atoms with Crippen LogP contribution in [0.1, 0.15) is 19.8 Å². The molecule has 1 atom stereocenters. The maximum Gasteiger partial charge on any atom is 0.377 e. The molecule has 0 aromatic rings. The van der Waals surface area contributed by atoms with Crippen molar-refractivity contribution in [3.63, 3.8) is 0 Å². The van der Waals surface area contributed by atoms with Gasteiger partial charge in [0.05, 0.1) is 6.42 Å². The van der Waals surface area contributed by atoms with Crippen LogP contribution in [0.3, 0.4) is 0 Å². The largest absolute Gasteiger partial charge is 0.456 e. The summed E-state index contributed by atoms with van der Waals surface area (Å²) in [5.41, 5.74) is 0. The molecule has 2 N–H and O–H groups in total. The Labute approximate surface area is 97.9 Å². The zero-order valence-corrected chi connectivity index (χ0v) is 9.59. The molecule has 98 valence electrons. The molecule has 0 radical (unpaired) electrons. The smallest absolute Gasteiger partial charge is 0.377 e. The van der Waals surface area contributed by atoms with Gasteiger partial charge >= 0.3 is 11.9 Å². The first-order valence-electron chi connectivity index (χ1n) is 5.52. The summed E-state index contributed by atoms with van der Waals surface area (Å²) < 4.78 is 30.0. The Morgan fingerprint density at radius 2 is 2.29 bits per heavy atom. The number of alkyl halides is 2. The number of halogens is 2. The van der Waals surface area contributed by atoms with Gasteiger partial charge in [0.2, 0.25) is 5.91 Å². The molecule has 1 aliphatic heterocycles. The summed E-state index contributed by atoms with van der Waals surface area (Å²) in [4.78, 5) is 21.7. The summed E-state index contributed by atoms with van der Waals surface area (Å²) in [6.45, 7) is 2.88. The number of amides is 1. The Bertz CT molecular complexity index is 297. The summed E-state index contributed by atoms with van der Waals surface area (Å²) >= 11 is 0. The van der Waals surface area contributed by atoms with Crippen molar-refractivity contribution in [3.8, 4) is 0 Å². The maximum absolute atomic E-state index is 12.8. The van der Waals surface area contributed by atoms with Crippen molar-refractivity contribution in [1.82, 2.24) is 10.6 Å². The van der Waals surface area contributed by atoms with E-state index in [0.717, 1.165) is 0 Å². The average Bonchev–Trinajstić information content (AvgIpc) is 2.48. The summed E-state index contributed by atoms with van der Waals surface area (Å²) in [6.07, 6.45) is -1.14. The van der Waals surface area contributed by atoms with E-state index in [9.17, 15) is 18.4 Å². The lowest BCUT2D eigenvalue weighted by Crippen LogP contribution is -2.31. The molecule has 0 aliphatic carbocycles. The fraction of sp³-hybridized carbons (Fsp3) is 0.800. The monoisotopic (exact) mass is 250 g/mol. The highest BCUT2D eigenvalue weighted by atomic mass is 19.3. The van der Waals surface area contributed by atoms with Crippen LogP contribution in [0.5, 0.6) is 0 Å². The van der Waals surface area contributed by atoms with E-state index in [2.05, 4.69) is 15.4 Å². The Hall–Kier alpha value is -1.24. The summed E-state index contributed by atoms with van der Waals surface area (Å²) in [6, 6.07) is 0. The van der Waals surface area contributed by atoms with Crippen LogP contribution in [-0.4, -0.2) is 43.5 Å². The molecule has 0 spiro atoms. The second-order valence-electron chi connectivity index (χ2n) is 3.84. The first kappa shape index (κ1) is 13.8. The molecular weight excluding hydrogens is 234 g/mol. The van der Waals surface area contributed by atoms with Gasteiger partial charge in [-0.1, -0.05) is 0 Å². The van der Waals surface area contributed by atoms with E-state index in [1.807, 2.05) is 6.92 Å². The molecule has 7 heteroatoms. The van der Waals surface area contributed by atoms with E-state index in [0.29, 0.717) is 13.1 Å². The average molecular weight is 250 g/mol. The molecule has 1 heterocycles. The lowest BCUT2D eigenvalue weighted by molar-refractivity contribution is -0.159. The molecule has 0 aromatic heterocycles. The van der Waals surface area contributed by atoms with Crippen molar-refractivity contribution >= 4 is 11.9 Å². The number of cyclic esters (lactones) is 1. The van der Waals surface area contributed by atoms with Crippen molar-refractivity contribution in [3.05, 3.63) is 0 Å². The third-order valence-corrected chi connectivity index (χ3v) is 2.33. The number of nitrogens with one attached hydrogen (secondary N) is 2. The topological polar surface area (TPSA) is 67.4 Å². The van der Waals surface area contributed by atoms with Gasteiger partial charge in [0.1, 0.15) is 6.10 Å². The van der Waals surface area contributed by atoms with Crippen LogP contribution < -0.4 is 10.6 Å². The highest BCUT2D eigenvalue weighted by Crippen LogP contribution is 2.30. The van der Waals surface area contributed by atoms with Crippen LogP contribution >= 0.6 is 0 Å². The molecule has 0 aromatic carbocycles. The fourth-order valence-electron chi connectivity index (χ4n) is 1.51. The predicted octanol–water partition coefficient (Wildman–Crippen LogP) is 0.0530. The number of carbonyl (C=O) groups is 2. The van der Waals surface area contributed by atoms with Crippen LogP contribution in [0, 0.1) is 0 Å². The molecule has 1 amide bonds. The van der Waals surface area contributed by atoms with Crippen LogP contribution in [0.2, 0.25) is 0 Å². The Morgan fingerprint density at radius 3 is 2.82 bits per heavy atom. The Balaban J connectivity index is 2.13. The van der Waals surface area contributed by atoms with Crippen LogP contribution in [0.15, 0.2) is 0 Å². The van der Waals surface area contributed by atoms with Gasteiger partial charge in [-0.05, 0) is 6.92 Å². The third-order valence-electron chi connectivity index (χ3n) is 2.33. The van der Waals surface area contributed by atoms with Crippen molar-refractivity contribution in [2.45, 2.75) is 31.8 Å². The van der Waals surface area contributed by atoms with Gasteiger partial charge in [0.15, 0.2) is 0 Å². The van der Waals surface area contributed by atoms with E-state index < -0.39 is 24.4 Å². The summed E-state index contributed by atoms with van der Waals surface area (Å²) in [5.74, 6) is -4.94. The zero-order chi connectivity index (χ0) is 12.9. The SMILES string of the molecule is CCNC(=O)CCNCC1CC(F)(F)C(=O)O1. The number of hydrogen-bond donors (Lipinski definition) is 2. The highest BCUT2D eigenvalue weighted by Gasteiger charge is 2.50. The van der Waals surface area contributed by atoms with E-state index in [1.165, 1.54) is 0 Å². The number of esters is 1. The molecular formula is C10H16F2N2O3. The molecule has 17 heavy (non-hydrogen) atoms. The second kappa shape index (κ2) is 5.90. The second-order valence-corrected chi connectivity index (χ2v) is 3.84. The van der Waals surface area contributed by atoms with Crippen molar-refractivity contribution in [2.24, 2.45) is 0 Å². The molecule has 1 saturated heterocycles. The zero-order valence-electron chi connectivity index (χ0n) is 9.59. The fourth-order valence-corrected chi connectivity index (χ4v) is 1.51. The molecule has 0 saturated carbocycles. The summed E-state index contributed by atoms with van der Waals surface area (Å²) in [5, 5.41) is 5.41. The minimum Gasteiger partial charge on any atom is -0.456 e. The number of ether oxygens (including phenoxy) is 1. The molecule has 1 fully saturated rings. The first-order chi connectivity index (χ1) is 7.95. The molecule has 5 nitrogen and oxygen atoms in total. The van der Waals surface area contributed by atoms with Gasteiger partial charge in [-0.15, -0.1) is 0 Å². The lowest BCUT2D eigenvalue weighted by atomic mass is 10.2. The van der Waals surface area contributed by atoms with E-state index in [1.54, 1.807) is 0 Å². The van der Waals surface area contributed by atoms with Gasteiger partial charge < -0.3 is 15.4 Å². The normalized spacial score (nSPS) is 22.3. The van der Waals surface area contributed by atoms with Gasteiger partial charge in [-0.2, -0.15) is 8.78 Å². The number of hydrogen-bond acceptors (Lipinski definition) is 4.